The number of hydrogen-bond acceptors (Lipinski definition) is 2. The first-order valence-corrected chi connectivity index (χ1v) is 3.45. The van der Waals surface area contributed by atoms with Crippen molar-refractivity contribution < 1.29 is 4.79 Å². The molecule has 1 saturated carbocycles. The Balaban J connectivity index is 2.24. The summed E-state index contributed by atoms with van der Waals surface area (Å²) < 4.78 is 0. The molecule has 0 radical (unpaired) electrons. The van der Waals surface area contributed by atoms with E-state index in [-0.39, 0.29) is 0 Å². The second-order valence-electron chi connectivity index (χ2n) is 2.91. The molecule has 0 aromatic carbocycles. The van der Waals surface area contributed by atoms with Gasteiger partial charge in [0.25, 0.3) is 0 Å². The number of rotatable bonds is 3. The summed E-state index contributed by atoms with van der Waals surface area (Å²) in [4.78, 5) is 10.2. The van der Waals surface area contributed by atoms with Gasteiger partial charge in [0.05, 0.1) is 0 Å². The van der Waals surface area contributed by atoms with Crippen LogP contribution in [0.1, 0.15) is 13.3 Å². The van der Waals surface area contributed by atoms with Crippen molar-refractivity contribution in [3.8, 4) is 0 Å². The average Bonchev–Trinajstić information content (AvgIpc) is 2.64. The molecule has 0 amide bonds. The Hall–Kier alpha value is -0.305. The molecule has 1 rings (SSSR count). The minimum Gasteiger partial charge on any atom is -0.373 e. The van der Waals surface area contributed by atoms with Crippen LogP contribution in [0.25, 0.3) is 0 Å². The molecule has 3 atom stereocenters. The van der Waals surface area contributed by atoms with Crippen LogP contribution in [0.15, 0.2) is 0 Å². The summed E-state index contributed by atoms with van der Waals surface area (Å²) in [7, 11) is 0.717. The lowest BCUT2D eigenvalue weighted by atomic mass is 9.74. The lowest BCUT2D eigenvalue weighted by Crippen LogP contribution is -2.13. The van der Waals surface area contributed by atoms with Crippen molar-refractivity contribution >= 4 is 13.7 Å². The SMILES string of the molecule is CC(BN)C1CC1C=O. The van der Waals surface area contributed by atoms with E-state index in [0.717, 1.165) is 20.1 Å². The summed E-state index contributed by atoms with van der Waals surface area (Å²) in [6.45, 7) is 2.11. The lowest BCUT2D eigenvalue weighted by Gasteiger charge is -2.01. The van der Waals surface area contributed by atoms with E-state index in [1.54, 1.807) is 0 Å². The van der Waals surface area contributed by atoms with Crippen molar-refractivity contribution in [2.45, 2.75) is 19.2 Å². The van der Waals surface area contributed by atoms with Crippen LogP contribution in [-0.4, -0.2) is 13.7 Å². The van der Waals surface area contributed by atoms with E-state index in [1.807, 2.05) is 0 Å². The lowest BCUT2D eigenvalue weighted by molar-refractivity contribution is -0.109. The zero-order valence-electron chi connectivity index (χ0n) is 5.71. The van der Waals surface area contributed by atoms with Crippen molar-refractivity contribution in [2.75, 3.05) is 0 Å². The maximum Gasteiger partial charge on any atom is 0.201 e. The van der Waals surface area contributed by atoms with E-state index in [9.17, 15) is 4.79 Å². The highest BCUT2D eigenvalue weighted by Crippen LogP contribution is 2.44. The first-order chi connectivity index (χ1) is 4.29. The predicted molar refractivity (Wildman–Crippen MR) is 38.4 cm³/mol. The average molecular weight is 125 g/mol. The quantitative estimate of drug-likeness (QED) is 0.424. The largest absolute Gasteiger partial charge is 0.373 e. The minimum atomic E-state index is 0.337. The van der Waals surface area contributed by atoms with Crippen LogP contribution in [0.2, 0.25) is 5.82 Å². The van der Waals surface area contributed by atoms with Crippen LogP contribution >= 0.6 is 0 Å². The highest BCUT2D eigenvalue weighted by molar-refractivity contribution is 6.33. The first kappa shape index (κ1) is 6.81. The third kappa shape index (κ3) is 1.33. The van der Waals surface area contributed by atoms with Crippen LogP contribution in [0.4, 0.5) is 0 Å². The monoisotopic (exact) mass is 125 g/mol. The fraction of sp³-hybridized carbons (Fsp3) is 0.833. The summed E-state index contributed by atoms with van der Waals surface area (Å²) in [6.07, 6.45) is 2.12. The van der Waals surface area contributed by atoms with E-state index < -0.39 is 0 Å². The maximum atomic E-state index is 10.2. The number of nitrogens with two attached hydrogens (primary N) is 1. The van der Waals surface area contributed by atoms with Gasteiger partial charge < -0.3 is 10.4 Å². The van der Waals surface area contributed by atoms with Gasteiger partial charge in [-0.3, -0.25) is 0 Å². The summed E-state index contributed by atoms with van der Waals surface area (Å²) in [5, 5.41) is 0. The smallest absolute Gasteiger partial charge is 0.201 e. The van der Waals surface area contributed by atoms with E-state index >= 15 is 0 Å². The van der Waals surface area contributed by atoms with Crippen molar-refractivity contribution in [3.63, 3.8) is 0 Å². The molecule has 0 bridgehead atoms. The van der Waals surface area contributed by atoms with E-state index in [4.69, 9.17) is 5.64 Å². The summed E-state index contributed by atoms with van der Waals surface area (Å²) in [5.74, 6) is 1.48. The molecule has 1 aliphatic carbocycles. The van der Waals surface area contributed by atoms with Crippen molar-refractivity contribution in [1.29, 1.82) is 0 Å². The van der Waals surface area contributed by atoms with E-state index in [2.05, 4.69) is 6.92 Å². The molecule has 0 saturated heterocycles. The van der Waals surface area contributed by atoms with Gasteiger partial charge in [-0.1, -0.05) is 12.7 Å². The number of carbonyl (C=O) groups is 1. The van der Waals surface area contributed by atoms with Crippen LogP contribution in [0.5, 0.6) is 0 Å². The maximum absolute atomic E-state index is 10.2. The summed E-state index contributed by atoms with van der Waals surface area (Å²) in [6, 6.07) is 0. The van der Waals surface area contributed by atoms with Gasteiger partial charge >= 0.3 is 0 Å². The fourth-order valence-corrected chi connectivity index (χ4v) is 1.22. The third-order valence-corrected chi connectivity index (χ3v) is 2.17. The normalized spacial score (nSPS) is 35.3. The van der Waals surface area contributed by atoms with Gasteiger partial charge in [-0.25, -0.2) is 0 Å². The number of carbonyl (C=O) groups excluding carboxylic acids is 1. The highest BCUT2D eigenvalue weighted by Gasteiger charge is 2.39. The second-order valence-corrected chi connectivity index (χ2v) is 2.91. The van der Waals surface area contributed by atoms with Crippen LogP contribution in [0.3, 0.4) is 0 Å². The Morgan fingerprint density at radius 3 is 2.89 bits per heavy atom. The zero-order valence-corrected chi connectivity index (χ0v) is 5.71. The van der Waals surface area contributed by atoms with Gasteiger partial charge in [-0.15, -0.1) is 0 Å². The molecule has 9 heavy (non-hydrogen) atoms. The van der Waals surface area contributed by atoms with Crippen LogP contribution in [0, 0.1) is 11.8 Å². The molecule has 50 valence electrons. The molecule has 2 N–H and O–H groups in total. The zero-order chi connectivity index (χ0) is 6.85. The highest BCUT2D eigenvalue weighted by atomic mass is 16.1. The van der Waals surface area contributed by atoms with Gasteiger partial charge in [0, 0.05) is 5.92 Å². The van der Waals surface area contributed by atoms with E-state index in [1.165, 1.54) is 0 Å². The molecule has 2 nitrogen and oxygen atoms in total. The fourth-order valence-electron chi connectivity index (χ4n) is 1.22. The van der Waals surface area contributed by atoms with Crippen molar-refractivity contribution in [1.82, 2.24) is 0 Å². The molecule has 0 spiro atoms. The topological polar surface area (TPSA) is 43.1 Å². The predicted octanol–water partition coefficient (Wildman–Crippen LogP) is -0.0600. The van der Waals surface area contributed by atoms with Crippen molar-refractivity contribution in [2.24, 2.45) is 17.5 Å². The third-order valence-electron chi connectivity index (χ3n) is 2.17. The first-order valence-electron chi connectivity index (χ1n) is 3.45. The molecule has 0 heterocycles. The van der Waals surface area contributed by atoms with Crippen molar-refractivity contribution in [3.05, 3.63) is 0 Å². The molecule has 3 unspecified atom stereocenters. The van der Waals surface area contributed by atoms with E-state index in [0.29, 0.717) is 17.7 Å². The molecular weight excluding hydrogens is 113 g/mol. The van der Waals surface area contributed by atoms with Gasteiger partial charge in [-0.2, -0.15) is 0 Å². The Morgan fingerprint density at radius 1 is 1.89 bits per heavy atom. The standard InChI is InChI=1S/C6H12BNO/c1-4(7-8)6-2-5(6)3-9/h3-7H,2,8H2,1H3. The molecule has 0 aliphatic heterocycles. The summed E-state index contributed by atoms with van der Waals surface area (Å²) >= 11 is 0. The van der Waals surface area contributed by atoms with Crippen LogP contribution < -0.4 is 5.64 Å². The number of aldehydes is 1. The van der Waals surface area contributed by atoms with Gasteiger partial charge in [0.15, 0.2) is 0 Å². The Labute approximate surface area is 56.1 Å². The summed E-state index contributed by atoms with van der Waals surface area (Å²) in [5.41, 5.74) is 5.41. The second kappa shape index (κ2) is 2.52. The Morgan fingerprint density at radius 2 is 2.56 bits per heavy atom. The molecule has 1 aliphatic rings. The molecule has 0 aromatic heterocycles. The van der Waals surface area contributed by atoms with Crippen LogP contribution in [-0.2, 0) is 4.79 Å². The van der Waals surface area contributed by atoms with Gasteiger partial charge in [0.1, 0.15) is 6.29 Å². The Kier molecular flexibility index (Phi) is 1.91. The Bertz CT molecular complexity index is 118. The minimum absolute atomic E-state index is 0.337. The molecule has 1 fully saturated rings. The molecule has 0 aromatic rings. The van der Waals surface area contributed by atoms with Gasteiger partial charge in [-0.05, 0) is 12.3 Å². The molecule has 3 heteroatoms. The number of hydrogen-bond donors (Lipinski definition) is 1. The molecular formula is C6H12BNO. The van der Waals surface area contributed by atoms with Gasteiger partial charge in [0.2, 0.25) is 7.41 Å².